The van der Waals surface area contributed by atoms with Gasteiger partial charge in [0, 0.05) is 0 Å². The van der Waals surface area contributed by atoms with E-state index in [2.05, 4.69) is 25.9 Å². The van der Waals surface area contributed by atoms with Gasteiger partial charge in [-0.25, -0.2) is 4.98 Å². The van der Waals surface area contributed by atoms with Crippen LogP contribution in [-0.2, 0) is 0 Å². The van der Waals surface area contributed by atoms with Gasteiger partial charge in [0.25, 0.3) is 0 Å². The first-order valence-electron chi connectivity index (χ1n) is 5.18. The molecule has 17 heavy (non-hydrogen) atoms. The first kappa shape index (κ1) is 10.4. The Balaban J connectivity index is 2.24. The SMILES string of the molecule is Oc1c(Br)cccc1-c1nc2ccccc2[nH]1. The summed E-state index contributed by atoms with van der Waals surface area (Å²) in [5.74, 6) is 0.872. The second-order valence-corrected chi connectivity index (χ2v) is 4.59. The molecular weight excluding hydrogens is 280 g/mol. The second kappa shape index (κ2) is 3.89. The number of phenols is 1. The van der Waals surface area contributed by atoms with Crippen molar-refractivity contribution < 1.29 is 5.11 Å². The highest BCUT2D eigenvalue weighted by molar-refractivity contribution is 9.10. The molecule has 2 aromatic carbocycles. The molecule has 0 aliphatic heterocycles. The largest absolute Gasteiger partial charge is 0.506 e. The fourth-order valence-corrected chi connectivity index (χ4v) is 2.15. The molecule has 3 nitrogen and oxygen atoms in total. The van der Waals surface area contributed by atoms with Crippen LogP contribution in [0.3, 0.4) is 0 Å². The van der Waals surface area contributed by atoms with Crippen molar-refractivity contribution in [1.82, 2.24) is 9.97 Å². The van der Waals surface area contributed by atoms with Crippen LogP contribution in [0, 0.1) is 0 Å². The van der Waals surface area contributed by atoms with Gasteiger partial charge in [0.2, 0.25) is 0 Å². The number of nitrogens with zero attached hydrogens (tertiary/aromatic N) is 1. The number of fused-ring (bicyclic) bond motifs is 1. The Hall–Kier alpha value is -1.81. The van der Waals surface area contributed by atoms with E-state index in [1.54, 1.807) is 6.07 Å². The Morgan fingerprint density at radius 3 is 2.71 bits per heavy atom. The van der Waals surface area contributed by atoms with Crippen LogP contribution in [0.2, 0.25) is 0 Å². The van der Waals surface area contributed by atoms with Crippen LogP contribution in [0.4, 0.5) is 0 Å². The first-order chi connectivity index (χ1) is 8.25. The van der Waals surface area contributed by atoms with E-state index in [1.165, 1.54) is 0 Å². The summed E-state index contributed by atoms with van der Waals surface area (Å²) < 4.78 is 0.662. The van der Waals surface area contributed by atoms with Gasteiger partial charge in [-0.3, -0.25) is 0 Å². The molecule has 0 radical (unpaired) electrons. The normalized spacial score (nSPS) is 10.9. The number of imidazole rings is 1. The van der Waals surface area contributed by atoms with Crippen molar-refractivity contribution in [2.45, 2.75) is 0 Å². The van der Waals surface area contributed by atoms with Crippen LogP contribution in [0.15, 0.2) is 46.9 Å². The summed E-state index contributed by atoms with van der Waals surface area (Å²) >= 11 is 3.30. The number of benzene rings is 2. The molecule has 0 aliphatic carbocycles. The third-order valence-electron chi connectivity index (χ3n) is 2.63. The number of H-pyrrole nitrogens is 1. The summed E-state index contributed by atoms with van der Waals surface area (Å²) in [7, 11) is 0. The number of rotatable bonds is 1. The van der Waals surface area contributed by atoms with E-state index < -0.39 is 0 Å². The van der Waals surface area contributed by atoms with E-state index >= 15 is 0 Å². The van der Waals surface area contributed by atoms with E-state index in [1.807, 2.05) is 36.4 Å². The highest BCUT2D eigenvalue weighted by atomic mass is 79.9. The summed E-state index contributed by atoms with van der Waals surface area (Å²) in [6, 6.07) is 13.3. The quantitative estimate of drug-likeness (QED) is 0.717. The number of aromatic hydroxyl groups is 1. The molecule has 0 unspecified atom stereocenters. The number of aromatic amines is 1. The van der Waals surface area contributed by atoms with Crippen molar-refractivity contribution in [3.63, 3.8) is 0 Å². The maximum Gasteiger partial charge on any atom is 0.142 e. The molecule has 3 aromatic rings. The highest BCUT2D eigenvalue weighted by Gasteiger charge is 2.10. The molecule has 1 heterocycles. The van der Waals surface area contributed by atoms with Crippen molar-refractivity contribution in [3.05, 3.63) is 46.9 Å². The van der Waals surface area contributed by atoms with Crippen LogP contribution < -0.4 is 0 Å². The average Bonchev–Trinajstić information content (AvgIpc) is 2.76. The van der Waals surface area contributed by atoms with E-state index in [0.717, 1.165) is 11.0 Å². The van der Waals surface area contributed by atoms with Crippen LogP contribution in [0.1, 0.15) is 0 Å². The number of phenolic OH excluding ortho intramolecular Hbond substituents is 1. The predicted octanol–water partition coefficient (Wildman–Crippen LogP) is 3.70. The Morgan fingerprint density at radius 1 is 1.06 bits per heavy atom. The highest BCUT2D eigenvalue weighted by Crippen LogP contribution is 2.34. The molecule has 4 heteroatoms. The smallest absolute Gasteiger partial charge is 0.142 e. The van der Waals surface area contributed by atoms with E-state index in [0.29, 0.717) is 15.9 Å². The van der Waals surface area contributed by atoms with E-state index in [4.69, 9.17) is 0 Å². The van der Waals surface area contributed by atoms with Gasteiger partial charge in [-0.1, -0.05) is 18.2 Å². The maximum absolute atomic E-state index is 9.97. The number of hydrogen-bond acceptors (Lipinski definition) is 2. The molecule has 0 atom stereocenters. The van der Waals surface area contributed by atoms with Gasteiger partial charge in [0.15, 0.2) is 0 Å². The molecular formula is C13H9BrN2O. The van der Waals surface area contributed by atoms with Crippen molar-refractivity contribution in [2.75, 3.05) is 0 Å². The molecule has 0 saturated carbocycles. The van der Waals surface area contributed by atoms with Gasteiger partial charge >= 0.3 is 0 Å². The summed E-state index contributed by atoms with van der Waals surface area (Å²) in [6.45, 7) is 0. The molecule has 0 aliphatic rings. The average molecular weight is 289 g/mol. The van der Waals surface area contributed by atoms with E-state index in [9.17, 15) is 5.11 Å². The Kier molecular flexibility index (Phi) is 2.37. The minimum atomic E-state index is 0.201. The predicted molar refractivity (Wildman–Crippen MR) is 70.9 cm³/mol. The summed E-state index contributed by atoms with van der Waals surface area (Å²) in [6.07, 6.45) is 0. The van der Waals surface area contributed by atoms with Crippen LogP contribution >= 0.6 is 15.9 Å². The Bertz CT molecular complexity index is 658. The fourth-order valence-electron chi connectivity index (χ4n) is 1.79. The van der Waals surface area contributed by atoms with E-state index in [-0.39, 0.29) is 5.75 Å². The summed E-state index contributed by atoms with van der Waals surface area (Å²) in [4.78, 5) is 7.64. The molecule has 0 amide bonds. The zero-order chi connectivity index (χ0) is 11.8. The van der Waals surface area contributed by atoms with Gasteiger partial charge < -0.3 is 10.1 Å². The lowest BCUT2D eigenvalue weighted by molar-refractivity contribution is 0.473. The number of nitrogens with one attached hydrogen (secondary N) is 1. The second-order valence-electron chi connectivity index (χ2n) is 3.74. The Morgan fingerprint density at radius 2 is 1.88 bits per heavy atom. The van der Waals surface area contributed by atoms with Gasteiger partial charge in [0.05, 0.1) is 21.1 Å². The minimum absolute atomic E-state index is 0.201. The maximum atomic E-state index is 9.97. The minimum Gasteiger partial charge on any atom is -0.506 e. The third-order valence-corrected chi connectivity index (χ3v) is 3.27. The Labute approximate surface area is 106 Å². The molecule has 0 saturated heterocycles. The summed E-state index contributed by atoms with van der Waals surface area (Å²) in [5.41, 5.74) is 2.54. The topological polar surface area (TPSA) is 48.9 Å². The lowest BCUT2D eigenvalue weighted by Crippen LogP contribution is -1.82. The first-order valence-corrected chi connectivity index (χ1v) is 5.97. The molecule has 84 valence electrons. The zero-order valence-electron chi connectivity index (χ0n) is 8.81. The molecule has 2 N–H and O–H groups in total. The number of para-hydroxylation sites is 3. The molecule has 1 aromatic heterocycles. The lowest BCUT2D eigenvalue weighted by atomic mass is 10.2. The van der Waals surface area contributed by atoms with Crippen molar-refractivity contribution in [1.29, 1.82) is 0 Å². The fraction of sp³-hybridized carbons (Fsp3) is 0. The van der Waals surface area contributed by atoms with Crippen LogP contribution in [-0.4, -0.2) is 15.1 Å². The monoisotopic (exact) mass is 288 g/mol. The van der Waals surface area contributed by atoms with Crippen LogP contribution in [0.25, 0.3) is 22.4 Å². The number of hydrogen-bond donors (Lipinski definition) is 2. The molecule has 0 bridgehead atoms. The van der Waals surface area contributed by atoms with Crippen LogP contribution in [0.5, 0.6) is 5.75 Å². The molecule has 3 rings (SSSR count). The van der Waals surface area contributed by atoms with Crippen molar-refractivity contribution >= 4 is 27.0 Å². The number of aromatic nitrogens is 2. The molecule has 0 fully saturated rings. The van der Waals surface area contributed by atoms with Crippen molar-refractivity contribution in [3.8, 4) is 17.1 Å². The van der Waals surface area contributed by atoms with Gasteiger partial charge in [-0.05, 0) is 40.2 Å². The summed E-state index contributed by atoms with van der Waals surface area (Å²) in [5, 5.41) is 9.97. The third kappa shape index (κ3) is 1.70. The lowest BCUT2D eigenvalue weighted by Gasteiger charge is -2.02. The van der Waals surface area contributed by atoms with Gasteiger partial charge in [-0.2, -0.15) is 0 Å². The van der Waals surface area contributed by atoms with Gasteiger partial charge in [-0.15, -0.1) is 0 Å². The number of halogens is 1. The zero-order valence-corrected chi connectivity index (χ0v) is 10.4. The van der Waals surface area contributed by atoms with Gasteiger partial charge in [0.1, 0.15) is 11.6 Å². The van der Waals surface area contributed by atoms with Crippen molar-refractivity contribution in [2.24, 2.45) is 0 Å². The standard InChI is InChI=1S/C13H9BrN2O/c14-9-5-3-4-8(12(9)17)13-15-10-6-1-2-7-11(10)16-13/h1-7,17H,(H,15,16). The molecule has 0 spiro atoms.